The molecular weight excluding hydrogens is 303 g/mol. The first-order valence-corrected chi connectivity index (χ1v) is 8.11. The zero-order valence-corrected chi connectivity index (χ0v) is 12.3. The number of rotatable bonds is 4. The minimum Gasteiger partial charge on any atom is -0.313 e. The number of nitrogens with one attached hydrogen (secondary N) is 1. The first-order valence-electron chi connectivity index (χ1n) is 5.09. The van der Waals surface area contributed by atoms with Gasteiger partial charge in [0, 0.05) is 17.1 Å². The molecule has 0 radical (unpaired) electrons. The van der Waals surface area contributed by atoms with E-state index >= 15 is 0 Å². The fourth-order valence-electron chi connectivity index (χ4n) is 1.83. The molecule has 1 N–H and O–H groups in total. The number of sulfone groups is 1. The van der Waals surface area contributed by atoms with Gasteiger partial charge in [-0.1, -0.05) is 11.6 Å². The number of thiazole rings is 1. The predicted octanol–water partition coefficient (Wildman–Crippen LogP) is 1.89. The van der Waals surface area contributed by atoms with Gasteiger partial charge in [0.15, 0.2) is 14.3 Å². The van der Waals surface area contributed by atoms with Crippen molar-refractivity contribution < 1.29 is 8.42 Å². The van der Waals surface area contributed by atoms with Crippen LogP contribution in [0, 0.1) is 0 Å². The van der Waals surface area contributed by atoms with E-state index in [-0.39, 0.29) is 30.0 Å². The van der Waals surface area contributed by atoms with Gasteiger partial charge in [-0.2, -0.15) is 0 Å². The Labute approximate surface area is 116 Å². The topological polar surface area (TPSA) is 59.1 Å². The van der Waals surface area contributed by atoms with Crippen LogP contribution >= 0.6 is 35.3 Å². The van der Waals surface area contributed by atoms with Gasteiger partial charge in [0.2, 0.25) is 0 Å². The van der Waals surface area contributed by atoms with Crippen LogP contribution in [0.15, 0.2) is 6.20 Å². The molecule has 2 heterocycles. The van der Waals surface area contributed by atoms with E-state index in [2.05, 4.69) is 10.3 Å². The third-order valence-electron chi connectivity index (χ3n) is 2.51. The Hall–Kier alpha value is 0.120. The van der Waals surface area contributed by atoms with E-state index in [9.17, 15) is 8.42 Å². The Kier molecular flexibility index (Phi) is 5.66. The molecule has 1 saturated heterocycles. The minimum absolute atomic E-state index is 0. The van der Waals surface area contributed by atoms with Crippen molar-refractivity contribution in [2.75, 3.05) is 12.3 Å². The average Bonchev–Trinajstić information content (AvgIpc) is 2.76. The summed E-state index contributed by atoms with van der Waals surface area (Å²) in [4.78, 5) is 4.55. The van der Waals surface area contributed by atoms with Gasteiger partial charge in [-0.25, -0.2) is 13.4 Å². The molecule has 0 amide bonds. The Morgan fingerprint density at radius 1 is 1.59 bits per heavy atom. The monoisotopic (exact) mass is 316 g/mol. The van der Waals surface area contributed by atoms with E-state index in [0.29, 0.717) is 9.34 Å². The SMILES string of the molecule is Cl.O=S(=O)(Cc1cnc(Cl)s1)CC1CCCN1. The highest BCUT2D eigenvalue weighted by Gasteiger charge is 2.22. The summed E-state index contributed by atoms with van der Waals surface area (Å²) < 4.78 is 24.1. The molecule has 1 aromatic heterocycles. The fraction of sp³-hybridized carbons (Fsp3) is 0.667. The molecule has 0 aromatic carbocycles. The van der Waals surface area contributed by atoms with Crippen LogP contribution in [0.2, 0.25) is 4.47 Å². The number of hydrogen-bond acceptors (Lipinski definition) is 5. The predicted molar refractivity (Wildman–Crippen MR) is 72.9 cm³/mol. The molecule has 1 aromatic rings. The Bertz CT molecular complexity index is 455. The van der Waals surface area contributed by atoms with Gasteiger partial charge >= 0.3 is 0 Å². The minimum atomic E-state index is -3.06. The quantitative estimate of drug-likeness (QED) is 0.921. The van der Waals surface area contributed by atoms with Gasteiger partial charge in [-0.15, -0.1) is 23.7 Å². The third kappa shape index (κ3) is 4.71. The molecular formula is C9H14Cl2N2O2S2. The van der Waals surface area contributed by atoms with Crippen LogP contribution in [0.3, 0.4) is 0 Å². The Morgan fingerprint density at radius 2 is 2.35 bits per heavy atom. The molecule has 8 heteroatoms. The molecule has 1 unspecified atom stereocenters. The van der Waals surface area contributed by atoms with Crippen molar-refractivity contribution >= 4 is 45.2 Å². The summed E-state index contributed by atoms with van der Waals surface area (Å²) in [5.41, 5.74) is 0. The lowest BCUT2D eigenvalue weighted by Gasteiger charge is -2.09. The van der Waals surface area contributed by atoms with E-state index in [1.807, 2.05) is 0 Å². The van der Waals surface area contributed by atoms with Crippen LogP contribution in [0.1, 0.15) is 17.7 Å². The second kappa shape index (κ2) is 6.33. The normalized spacial score (nSPS) is 20.2. The molecule has 0 bridgehead atoms. The first kappa shape index (κ1) is 15.2. The number of nitrogens with zero attached hydrogens (tertiary/aromatic N) is 1. The standard InChI is InChI=1S/C9H13ClN2O2S2.ClH/c10-9-12-4-8(15-9)6-16(13,14)5-7-2-1-3-11-7;/h4,7,11H,1-3,5-6H2;1H. The lowest BCUT2D eigenvalue weighted by atomic mass is 10.3. The van der Waals surface area contributed by atoms with E-state index < -0.39 is 9.84 Å². The van der Waals surface area contributed by atoms with E-state index in [4.69, 9.17) is 11.6 Å². The van der Waals surface area contributed by atoms with Crippen molar-refractivity contribution in [3.05, 3.63) is 15.5 Å². The Morgan fingerprint density at radius 3 is 2.88 bits per heavy atom. The summed E-state index contributed by atoms with van der Waals surface area (Å²) in [5.74, 6) is 0.262. The molecule has 0 aliphatic carbocycles. The van der Waals surface area contributed by atoms with E-state index in [1.165, 1.54) is 17.5 Å². The molecule has 98 valence electrons. The molecule has 0 saturated carbocycles. The summed E-state index contributed by atoms with van der Waals surface area (Å²) in [6, 6.07) is 0.119. The second-order valence-electron chi connectivity index (χ2n) is 3.93. The highest BCUT2D eigenvalue weighted by molar-refractivity contribution is 7.90. The molecule has 4 nitrogen and oxygen atoms in total. The van der Waals surface area contributed by atoms with Crippen molar-refractivity contribution in [1.82, 2.24) is 10.3 Å². The molecule has 1 fully saturated rings. The molecule has 2 rings (SSSR count). The van der Waals surface area contributed by atoms with Crippen molar-refractivity contribution in [2.45, 2.75) is 24.6 Å². The highest BCUT2D eigenvalue weighted by atomic mass is 35.5. The van der Waals surface area contributed by atoms with Crippen molar-refractivity contribution in [1.29, 1.82) is 0 Å². The third-order valence-corrected chi connectivity index (χ3v) is 5.46. The summed E-state index contributed by atoms with van der Waals surface area (Å²) in [5, 5.41) is 3.19. The Balaban J connectivity index is 0.00000144. The maximum absolute atomic E-state index is 11.9. The molecule has 1 aliphatic rings. The fourth-order valence-corrected chi connectivity index (χ4v) is 4.90. The zero-order valence-electron chi connectivity index (χ0n) is 9.06. The van der Waals surface area contributed by atoms with E-state index in [1.54, 1.807) is 0 Å². The van der Waals surface area contributed by atoms with Crippen molar-refractivity contribution in [3.8, 4) is 0 Å². The molecule has 1 aliphatic heterocycles. The van der Waals surface area contributed by atoms with Crippen molar-refractivity contribution in [3.63, 3.8) is 0 Å². The summed E-state index contributed by atoms with van der Waals surface area (Å²) in [7, 11) is -3.06. The number of halogens is 2. The number of hydrogen-bond donors (Lipinski definition) is 1. The van der Waals surface area contributed by atoms with Crippen LogP contribution in [0.4, 0.5) is 0 Å². The summed E-state index contributed by atoms with van der Waals surface area (Å²) in [6.45, 7) is 0.923. The molecule has 17 heavy (non-hydrogen) atoms. The number of aromatic nitrogens is 1. The zero-order chi connectivity index (χ0) is 11.6. The van der Waals surface area contributed by atoms with Crippen molar-refractivity contribution in [2.24, 2.45) is 0 Å². The van der Waals surface area contributed by atoms with Gasteiger partial charge in [-0.05, 0) is 19.4 Å². The first-order chi connectivity index (χ1) is 7.55. The van der Waals surface area contributed by atoms with Gasteiger partial charge in [0.25, 0.3) is 0 Å². The van der Waals surface area contributed by atoms with E-state index in [0.717, 1.165) is 19.4 Å². The van der Waals surface area contributed by atoms with Gasteiger partial charge in [-0.3, -0.25) is 0 Å². The lowest BCUT2D eigenvalue weighted by Crippen LogP contribution is -2.30. The van der Waals surface area contributed by atoms with Crippen LogP contribution in [0.25, 0.3) is 0 Å². The van der Waals surface area contributed by atoms with Gasteiger partial charge in [0.05, 0.1) is 11.5 Å². The second-order valence-corrected chi connectivity index (χ2v) is 7.73. The molecule has 1 atom stereocenters. The van der Waals surface area contributed by atoms with Crippen LogP contribution in [-0.2, 0) is 15.6 Å². The average molecular weight is 317 g/mol. The maximum atomic E-state index is 11.9. The lowest BCUT2D eigenvalue weighted by molar-refractivity contribution is 0.576. The van der Waals surface area contributed by atoms with Gasteiger partial charge < -0.3 is 5.32 Å². The van der Waals surface area contributed by atoms with Crippen LogP contribution in [-0.4, -0.2) is 31.7 Å². The molecule has 0 spiro atoms. The maximum Gasteiger partial charge on any atom is 0.183 e. The largest absolute Gasteiger partial charge is 0.313 e. The highest BCUT2D eigenvalue weighted by Crippen LogP contribution is 2.21. The van der Waals surface area contributed by atoms with Crippen LogP contribution in [0.5, 0.6) is 0 Å². The summed E-state index contributed by atoms with van der Waals surface area (Å²) >= 11 is 6.89. The van der Waals surface area contributed by atoms with Crippen LogP contribution < -0.4 is 5.32 Å². The smallest absolute Gasteiger partial charge is 0.183 e. The summed E-state index contributed by atoms with van der Waals surface area (Å²) in [6.07, 6.45) is 3.54. The van der Waals surface area contributed by atoms with Gasteiger partial charge in [0.1, 0.15) is 0 Å².